The molecule has 0 unspecified atom stereocenters. The third-order valence-electron chi connectivity index (χ3n) is 4.87. The summed E-state index contributed by atoms with van der Waals surface area (Å²) in [6.45, 7) is 4.56. The van der Waals surface area contributed by atoms with Gasteiger partial charge in [-0.25, -0.2) is 10.9 Å². The van der Waals surface area contributed by atoms with Crippen LogP contribution >= 0.6 is 23.1 Å². The van der Waals surface area contributed by atoms with E-state index in [1.807, 2.05) is 0 Å². The van der Waals surface area contributed by atoms with Crippen LogP contribution in [0.4, 0.5) is 0 Å². The van der Waals surface area contributed by atoms with Gasteiger partial charge in [0.25, 0.3) is 0 Å². The summed E-state index contributed by atoms with van der Waals surface area (Å²) in [7, 11) is -0.171. The molecule has 0 heterocycles. The number of hydrogen-bond acceptors (Lipinski definition) is 1. The second kappa shape index (κ2) is 22.8. The van der Waals surface area contributed by atoms with Crippen molar-refractivity contribution in [3.8, 4) is 0 Å². The van der Waals surface area contributed by atoms with Gasteiger partial charge in [0, 0.05) is 17.1 Å². The van der Waals surface area contributed by atoms with Crippen molar-refractivity contribution >= 4 is 27.4 Å². The van der Waals surface area contributed by atoms with Crippen LogP contribution in [0.25, 0.3) is 0 Å². The van der Waals surface area contributed by atoms with Crippen molar-refractivity contribution in [1.82, 2.24) is 0 Å². The minimum absolute atomic E-state index is 0. The van der Waals surface area contributed by atoms with Gasteiger partial charge in [-0.3, -0.25) is 0 Å². The van der Waals surface area contributed by atoms with Crippen LogP contribution in [-0.4, -0.2) is 15.8 Å². The predicted molar refractivity (Wildman–Crippen MR) is 121 cm³/mol. The van der Waals surface area contributed by atoms with E-state index in [0.29, 0.717) is 0 Å². The normalized spacial score (nSPS) is 11.2. The average Bonchev–Trinajstić information content (AvgIpc) is 2.57. The Morgan fingerprint density at radius 3 is 1.16 bits per heavy atom. The molecule has 0 saturated carbocycles. The summed E-state index contributed by atoms with van der Waals surface area (Å²) in [6, 6.07) is 0. The molecule has 0 rings (SSSR count). The SMILES string of the molecule is CCCCCCCCCC[SH](CCCCCCCCCC)C(N)=S.[Fe]. The van der Waals surface area contributed by atoms with E-state index in [2.05, 4.69) is 13.8 Å². The molecule has 154 valence electrons. The van der Waals surface area contributed by atoms with Gasteiger partial charge in [-0.15, -0.1) is 0 Å². The van der Waals surface area contributed by atoms with Crippen molar-refractivity contribution in [2.24, 2.45) is 5.73 Å². The molecular formula is C21H45FeNS2. The van der Waals surface area contributed by atoms with Gasteiger partial charge in [-0.2, -0.15) is 0 Å². The van der Waals surface area contributed by atoms with Crippen LogP contribution in [0, 0.1) is 0 Å². The number of thiol groups is 1. The first-order valence-corrected chi connectivity index (χ1v) is 12.9. The summed E-state index contributed by atoms with van der Waals surface area (Å²) in [5.74, 6) is 2.58. The quantitative estimate of drug-likeness (QED) is 0.102. The van der Waals surface area contributed by atoms with Gasteiger partial charge in [-0.05, 0) is 24.3 Å². The molecule has 0 aliphatic rings. The second-order valence-electron chi connectivity index (χ2n) is 7.28. The van der Waals surface area contributed by atoms with E-state index < -0.39 is 0 Å². The van der Waals surface area contributed by atoms with E-state index in [9.17, 15) is 0 Å². The van der Waals surface area contributed by atoms with Crippen LogP contribution in [0.1, 0.15) is 117 Å². The molecule has 0 amide bonds. The molecule has 0 saturated heterocycles. The third kappa shape index (κ3) is 20.9. The summed E-state index contributed by atoms with van der Waals surface area (Å²) < 4.78 is 0.830. The molecule has 0 aromatic heterocycles. The van der Waals surface area contributed by atoms with Crippen molar-refractivity contribution in [2.45, 2.75) is 117 Å². The van der Waals surface area contributed by atoms with E-state index in [1.54, 1.807) is 0 Å². The zero-order valence-corrected chi connectivity index (χ0v) is 19.8. The molecule has 0 atom stereocenters. The molecule has 2 N–H and O–H groups in total. The van der Waals surface area contributed by atoms with Crippen molar-refractivity contribution in [1.29, 1.82) is 0 Å². The van der Waals surface area contributed by atoms with Crippen molar-refractivity contribution < 1.29 is 17.1 Å². The van der Waals surface area contributed by atoms with Crippen molar-refractivity contribution in [2.75, 3.05) is 11.5 Å². The van der Waals surface area contributed by atoms with E-state index in [1.165, 1.54) is 114 Å². The summed E-state index contributed by atoms with van der Waals surface area (Å²) in [6.07, 6.45) is 22.3. The van der Waals surface area contributed by atoms with Gasteiger partial charge in [0.1, 0.15) is 4.32 Å². The van der Waals surface area contributed by atoms with Gasteiger partial charge in [0.2, 0.25) is 0 Å². The Bertz CT molecular complexity index is 255. The maximum atomic E-state index is 5.99. The number of rotatable bonds is 18. The molecule has 0 aliphatic carbocycles. The smallest absolute Gasteiger partial charge is 0.111 e. The molecule has 0 aromatic carbocycles. The Labute approximate surface area is 177 Å². The zero-order chi connectivity index (χ0) is 17.9. The number of hydrogen-bond donors (Lipinski definition) is 2. The van der Waals surface area contributed by atoms with Gasteiger partial charge < -0.3 is 5.73 Å². The number of unbranched alkanes of at least 4 members (excludes halogenated alkanes) is 14. The van der Waals surface area contributed by atoms with Crippen LogP contribution in [-0.2, 0) is 17.1 Å². The van der Waals surface area contributed by atoms with Crippen LogP contribution in [0.2, 0.25) is 0 Å². The van der Waals surface area contributed by atoms with Gasteiger partial charge in [0.15, 0.2) is 0 Å². The van der Waals surface area contributed by atoms with Gasteiger partial charge in [-0.1, -0.05) is 116 Å². The molecule has 1 nitrogen and oxygen atoms in total. The van der Waals surface area contributed by atoms with Crippen LogP contribution in [0.15, 0.2) is 0 Å². The predicted octanol–water partition coefficient (Wildman–Crippen LogP) is 7.51. The Morgan fingerprint density at radius 1 is 0.600 bits per heavy atom. The second-order valence-corrected chi connectivity index (χ2v) is 10.5. The maximum absolute atomic E-state index is 5.99. The molecular weight excluding hydrogens is 386 g/mol. The Hall–Kier alpha value is 0.759. The van der Waals surface area contributed by atoms with Crippen LogP contribution in [0.5, 0.6) is 0 Å². The fourth-order valence-corrected chi connectivity index (χ4v) is 5.63. The summed E-state index contributed by atoms with van der Waals surface area (Å²) >= 11 is 5.32. The first kappa shape index (κ1) is 28.0. The van der Waals surface area contributed by atoms with Crippen LogP contribution in [0.3, 0.4) is 0 Å². The molecule has 0 aromatic rings. The number of nitrogens with two attached hydrogens (primary N) is 1. The monoisotopic (exact) mass is 431 g/mol. The van der Waals surface area contributed by atoms with E-state index in [4.69, 9.17) is 18.0 Å². The summed E-state index contributed by atoms with van der Waals surface area (Å²) in [5, 5.41) is 0. The molecule has 4 heteroatoms. The standard InChI is InChI=1S/C21H45NS2.Fe/c1-3-5-7-9-11-13-15-17-19-24(21(22)23)20-18-16-14-12-10-8-6-4-2;/h24H,3-20H2,1-2H3,(H2,22,23);. The fraction of sp³-hybridized carbons (Fsp3) is 0.952. The largest absolute Gasteiger partial charge is 0.386 e. The van der Waals surface area contributed by atoms with Gasteiger partial charge >= 0.3 is 0 Å². The molecule has 0 fully saturated rings. The third-order valence-corrected chi connectivity index (χ3v) is 7.98. The zero-order valence-electron chi connectivity index (χ0n) is 17.0. The molecule has 0 spiro atoms. The maximum Gasteiger partial charge on any atom is 0.111 e. The number of thiocarbonyl (C=S) groups is 1. The molecule has 25 heavy (non-hydrogen) atoms. The van der Waals surface area contributed by atoms with E-state index in [-0.39, 0.29) is 28.0 Å². The first-order chi connectivity index (χ1) is 11.7. The average molecular weight is 432 g/mol. The first-order valence-electron chi connectivity index (χ1n) is 10.8. The fourth-order valence-electron chi connectivity index (χ4n) is 3.21. The molecule has 0 aliphatic heterocycles. The topological polar surface area (TPSA) is 26.0 Å². The molecule has 0 bridgehead atoms. The Kier molecular flexibility index (Phi) is 25.5. The van der Waals surface area contributed by atoms with Gasteiger partial charge in [0.05, 0.1) is 0 Å². The minimum atomic E-state index is -0.171. The van der Waals surface area contributed by atoms with Crippen molar-refractivity contribution in [3.05, 3.63) is 0 Å². The summed E-state index contributed by atoms with van der Waals surface area (Å²) in [5.41, 5.74) is 5.99. The van der Waals surface area contributed by atoms with E-state index >= 15 is 0 Å². The van der Waals surface area contributed by atoms with Crippen molar-refractivity contribution in [3.63, 3.8) is 0 Å². The Balaban J connectivity index is 0. The van der Waals surface area contributed by atoms with E-state index in [0.717, 1.165) is 4.32 Å². The minimum Gasteiger partial charge on any atom is -0.386 e. The van der Waals surface area contributed by atoms with Crippen LogP contribution < -0.4 is 5.73 Å². The molecule has 0 radical (unpaired) electrons. The Morgan fingerprint density at radius 2 is 0.880 bits per heavy atom. The summed E-state index contributed by atoms with van der Waals surface area (Å²) in [4.78, 5) is 0.